The highest BCUT2D eigenvalue weighted by Crippen LogP contribution is 2.30. The molecule has 0 atom stereocenters. The van der Waals surface area contributed by atoms with Gasteiger partial charge in [-0.05, 0) is 13.0 Å². The number of anilines is 1. The summed E-state index contributed by atoms with van der Waals surface area (Å²) in [6, 6.07) is 1.84. The SMILES string of the molecule is CCOCCN(C)c1cc(C(=O)OC)c(F)cc1[N+](=O)[O-]. The van der Waals surface area contributed by atoms with Gasteiger partial charge in [-0.1, -0.05) is 0 Å². The van der Waals surface area contributed by atoms with Crippen molar-refractivity contribution in [2.24, 2.45) is 0 Å². The van der Waals surface area contributed by atoms with Gasteiger partial charge < -0.3 is 14.4 Å². The lowest BCUT2D eigenvalue weighted by atomic mass is 10.1. The van der Waals surface area contributed by atoms with Crippen molar-refractivity contribution in [3.63, 3.8) is 0 Å². The van der Waals surface area contributed by atoms with Crippen LogP contribution >= 0.6 is 0 Å². The first-order chi connectivity index (χ1) is 9.92. The van der Waals surface area contributed by atoms with E-state index in [1.807, 2.05) is 6.92 Å². The Morgan fingerprint density at radius 1 is 1.48 bits per heavy atom. The van der Waals surface area contributed by atoms with Crippen molar-refractivity contribution in [2.75, 3.05) is 38.8 Å². The molecule has 8 heteroatoms. The summed E-state index contributed by atoms with van der Waals surface area (Å²) in [4.78, 5) is 23.3. The molecular weight excluding hydrogens is 283 g/mol. The van der Waals surface area contributed by atoms with Crippen LogP contribution < -0.4 is 4.90 Å². The summed E-state index contributed by atoms with van der Waals surface area (Å²) < 4.78 is 23.4. The first kappa shape index (κ1) is 16.8. The summed E-state index contributed by atoms with van der Waals surface area (Å²) in [6.45, 7) is 3.07. The number of carbonyl (C=O) groups excluding carboxylic acids is 1. The molecule has 0 fully saturated rings. The zero-order chi connectivity index (χ0) is 16.0. The summed E-state index contributed by atoms with van der Waals surface area (Å²) in [5.41, 5.74) is -0.637. The van der Waals surface area contributed by atoms with E-state index in [1.165, 1.54) is 4.90 Å². The lowest BCUT2D eigenvalue weighted by molar-refractivity contribution is -0.384. The van der Waals surface area contributed by atoms with E-state index in [-0.39, 0.29) is 11.3 Å². The Hall–Kier alpha value is -2.22. The van der Waals surface area contributed by atoms with Gasteiger partial charge in [0.2, 0.25) is 0 Å². The fourth-order valence-electron chi connectivity index (χ4n) is 1.74. The molecule has 0 unspecified atom stereocenters. The summed E-state index contributed by atoms with van der Waals surface area (Å²) in [5.74, 6) is -1.88. The minimum absolute atomic E-state index is 0.126. The van der Waals surface area contributed by atoms with Crippen molar-refractivity contribution in [2.45, 2.75) is 6.92 Å². The fourth-order valence-corrected chi connectivity index (χ4v) is 1.74. The highest BCUT2D eigenvalue weighted by atomic mass is 19.1. The molecule has 0 amide bonds. The van der Waals surface area contributed by atoms with E-state index >= 15 is 0 Å². The Kier molecular flexibility index (Phi) is 6.04. The fraction of sp³-hybridized carbons (Fsp3) is 0.462. The number of rotatable bonds is 7. The molecule has 0 N–H and O–H groups in total. The van der Waals surface area contributed by atoms with Gasteiger partial charge in [0.25, 0.3) is 5.69 Å². The number of hydrogen-bond acceptors (Lipinski definition) is 6. The van der Waals surface area contributed by atoms with Gasteiger partial charge in [0.05, 0.1) is 30.3 Å². The maximum atomic E-state index is 13.7. The third-order valence-electron chi connectivity index (χ3n) is 2.85. The van der Waals surface area contributed by atoms with Gasteiger partial charge in [-0.15, -0.1) is 0 Å². The number of nitrogens with zero attached hydrogens (tertiary/aromatic N) is 2. The number of carbonyl (C=O) groups is 1. The van der Waals surface area contributed by atoms with Gasteiger partial charge in [-0.25, -0.2) is 9.18 Å². The third kappa shape index (κ3) is 4.12. The van der Waals surface area contributed by atoms with Gasteiger partial charge in [-0.3, -0.25) is 10.1 Å². The van der Waals surface area contributed by atoms with Crippen molar-refractivity contribution in [1.29, 1.82) is 0 Å². The molecule has 0 radical (unpaired) electrons. The second kappa shape index (κ2) is 7.53. The van der Waals surface area contributed by atoms with E-state index in [0.29, 0.717) is 19.8 Å². The van der Waals surface area contributed by atoms with Gasteiger partial charge in [0.1, 0.15) is 11.5 Å². The number of nitro groups is 1. The Labute approximate surface area is 121 Å². The normalized spacial score (nSPS) is 10.3. The second-order valence-corrected chi connectivity index (χ2v) is 4.19. The Morgan fingerprint density at radius 2 is 2.14 bits per heavy atom. The molecule has 0 saturated heterocycles. The molecule has 1 aromatic carbocycles. The molecule has 116 valence electrons. The van der Waals surface area contributed by atoms with Crippen molar-refractivity contribution < 1.29 is 23.6 Å². The van der Waals surface area contributed by atoms with Crippen LogP contribution in [0.3, 0.4) is 0 Å². The molecule has 0 aliphatic heterocycles. The van der Waals surface area contributed by atoms with E-state index in [4.69, 9.17) is 4.74 Å². The molecule has 0 aliphatic carbocycles. The molecule has 0 bridgehead atoms. The molecule has 21 heavy (non-hydrogen) atoms. The maximum Gasteiger partial charge on any atom is 0.340 e. The molecule has 0 saturated carbocycles. The monoisotopic (exact) mass is 300 g/mol. The first-order valence-corrected chi connectivity index (χ1v) is 6.27. The maximum absolute atomic E-state index is 13.7. The minimum atomic E-state index is -0.990. The predicted octanol–water partition coefficient (Wildman–Crippen LogP) is 1.99. The van der Waals surface area contributed by atoms with Crippen molar-refractivity contribution in [1.82, 2.24) is 0 Å². The van der Waals surface area contributed by atoms with Crippen molar-refractivity contribution in [3.05, 3.63) is 33.6 Å². The van der Waals surface area contributed by atoms with Gasteiger partial charge in [0, 0.05) is 20.2 Å². The Bertz CT molecular complexity index is 536. The standard InChI is InChI=1S/C13H17FN2O5/c1-4-21-6-5-15(2)11-7-9(13(17)20-3)10(14)8-12(11)16(18)19/h7-8H,4-6H2,1-3H3. The largest absolute Gasteiger partial charge is 0.465 e. The molecule has 1 rings (SSSR count). The topological polar surface area (TPSA) is 81.9 Å². The highest BCUT2D eigenvalue weighted by Gasteiger charge is 2.24. The molecule has 0 spiro atoms. The number of likely N-dealkylation sites (N-methyl/N-ethyl adjacent to an activating group) is 1. The smallest absolute Gasteiger partial charge is 0.340 e. The number of nitro benzene ring substituents is 1. The van der Waals surface area contributed by atoms with Gasteiger partial charge >= 0.3 is 5.97 Å². The van der Waals surface area contributed by atoms with Crippen LogP contribution in [0.2, 0.25) is 0 Å². The molecule has 0 heterocycles. The summed E-state index contributed by atoms with van der Waals surface area (Å²) in [5, 5.41) is 11.0. The van der Waals surface area contributed by atoms with Crippen LogP contribution in [0.4, 0.5) is 15.8 Å². The number of hydrogen-bond donors (Lipinski definition) is 0. The summed E-state index contributed by atoms with van der Waals surface area (Å²) >= 11 is 0. The average molecular weight is 300 g/mol. The number of benzene rings is 1. The van der Waals surface area contributed by atoms with Gasteiger partial charge in [0.15, 0.2) is 0 Å². The average Bonchev–Trinajstić information content (AvgIpc) is 2.46. The zero-order valence-electron chi connectivity index (χ0n) is 12.1. The molecule has 0 aromatic heterocycles. The van der Waals surface area contributed by atoms with Gasteiger partial charge in [-0.2, -0.15) is 0 Å². The van der Waals surface area contributed by atoms with Crippen LogP contribution in [0.5, 0.6) is 0 Å². The molecule has 1 aromatic rings. The predicted molar refractivity (Wildman–Crippen MR) is 74.2 cm³/mol. The van der Waals surface area contributed by atoms with E-state index < -0.39 is 22.4 Å². The second-order valence-electron chi connectivity index (χ2n) is 4.19. The molecular formula is C13H17FN2O5. The zero-order valence-corrected chi connectivity index (χ0v) is 12.1. The third-order valence-corrected chi connectivity index (χ3v) is 2.85. The Morgan fingerprint density at radius 3 is 2.67 bits per heavy atom. The minimum Gasteiger partial charge on any atom is -0.465 e. The van der Waals surface area contributed by atoms with Crippen LogP contribution in [-0.2, 0) is 9.47 Å². The lowest BCUT2D eigenvalue weighted by Crippen LogP contribution is -2.24. The van der Waals surface area contributed by atoms with E-state index in [0.717, 1.165) is 19.2 Å². The van der Waals surface area contributed by atoms with E-state index in [2.05, 4.69) is 4.74 Å². The molecule has 7 nitrogen and oxygen atoms in total. The van der Waals surface area contributed by atoms with Crippen LogP contribution in [0.15, 0.2) is 12.1 Å². The first-order valence-electron chi connectivity index (χ1n) is 6.27. The van der Waals surface area contributed by atoms with E-state index in [9.17, 15) is 19.3 Å². The van der Waals surface area contributed by atoms with Crippen LogP contribution in [0.25, 0.3) is 0 Å². The summed E-state index contributed by atoms with van der Waals surface area (Å²) in [7, 11) is 2.71. The van der Waals surface area contributed by atoms with E-state index in [1.54, 1.807) is 7.05 Å². The number of esters is 1. The van der Waals surface area contributed by atoms with Crippen LogP contribution in [0.1, 0.15) is 17.3 Å². The highest BCUT2D eigenvalue weighted by molar-refractivity contribution is 5.92. The number of methoxy groups -OCH3 is 1. The van der Waals surface area contributed by atoms with Crippen molar-refractivity contribution in [3.8, 4) is 0 Å². The van der Waals surface area contributed by atoms with Crippen molar-refractivity contribution >= 4 is 17.3 Å². The Balaban J connectivity index is 3.19. The molecule has 0 aliphatic rings. The summed E-state index contributed by atoms with van der Waals surface area (Å²) in [6.07, 6.45) is 0. The number of ether oxygens (including phenoxy) is 2. The van der Waals surface area contributed by atoms with Crippen LogP contribution in [0, 0.1) is 15.9 Å². The number of halogens is 1. The quantitative estimate of drug-likeness (QED) is 0.331. The van der Waals surface area contributed by atoms with Crippen LogP contribution in [-0.4, -0.2) is 44.8 Å². The lowest BCUT2D eigenvalue weighted by Gasteiger charge is -2.19.